The molecule has 0 aliphatic carbocycles. The second-order valence-electron chi connectivity index (χ2n) is 4.67. The highest BCUT2D eigenvalue weighted by molar-refractivity contribution is 7.84. The van der Waals surface area contributed by atoms with Crippen LogP contribution in [0.4, 0.5) is 0 Å². The fraction of sp³-hybridized carbons (Fsp3) is 0.462. The largest absolute Gasteiger partial charge is 0.327 e. The van der Waals surface area contributed by atoms with Gasteiger partial charge in [0.1, 0.15) is 5.82 Å². The van der Waals surface area contributed by atoms with E-state index in [0.717, 1.165) is 23.3 Å². The molecule has 1 aromatic carbocycles. The lowest BCUT2D eigenvalue weighted by atomic mass is 10.3. The molecule has 2 aromatic rings. The van der Waals surface area contributed by atoms with Gasteiger partial charge in [-0.05, 0) is 18.6 Å². The van der Waals surface area contributed by atoms with E-state index in [9.17, 15) is 4.21 Å². The summed E-state index contributed by atoms with van der Waals surface area (Å²) in [6, 6.07) is 3.54. The summed E-state index contributed by atoms with van der Waals surface area (Å²) in [4.78, 5) is 4.47. The van der Waals surface area contributed by atoms with Gasteiger partial charge in [-0.15, -0.1) is 11.6 Å². The number of rotatable bonds is 5. The predicted molar refractivity (Wildman–Crippen MR) is 87.5 cm³/mol. The lowest BCUT2D eigenvalue weighted by molar-refractivity contribution is 0.617. The van der Waals surface area contributed by atoms with Gasteiger partial charge in [0.2, 0.25) is 0 Å². The summed E-state index contributed by atoms with van der Waals surface area (Å²) < 4.78 is 13.5. The minimum absolute atomic E-state index is 0.124. The molecule has 2 rings (SSSR count). The van der Waals surface area contributed by atoms with Gasteiger partial charge >= 0.3 is 0 Å². The van der Waals surface area contributed by atoms with Crippen LogP contribution >= 0.6 is 34.8 Å². The number of imidazole rings is 1. The number of hydrogen-bond acceptors (Lipinski definition) is 2. The molecule has 2 atom stereocenters. The van der Waals surface area contributed by atoms with Gasteiger partial charge < -0.3 is 4.57 Å². The summed E-state index contributed by atoms with van der Waals surface area (Å²) in [5, 5.41) is 1.10. The monoisotopic (exact) mass is 352 g/mol. The van der Waals surface area contributed by atoms with Gasteiger partial charge in [0, 0.05) is 28.9 Å². The van der Waals surface area contributed by atoms with E-state index in [1.807, 2.05) is 11.5 Å². The maximum Gasteiger partial charge on any atom is 0.124 e. The molecule has 20 heavy (non-hydrogen) atoms. The Balaban J connectivity index is 2.40. The molecule has 1 aromatic heterocycles. The van der Waals surface area contributed by atoms with Gasteiger partial charge in [-0.1, -0.05) is 30.1 Å². The van der Waals surface area contributed by atoms with Crippen LogP contribution in [-0.4, -0.2) is 25.3 Å². The van der Waals surface area contributed by atoms with Gasteiger partial charge in [0.05, 0.1) is 27.0 Å². The van der Waals surface area contributed by atoms with E-state index >= 15 is 0 Å². The van der Waals surface area contributed by atoms with E-state index in [2.05, 4.69) is 4.98 Å². The van der Waals surface area contributed by atoms with Crippen molar-refractivity contribution in [3.63, 3.8) is 0 Å². The molecule has 1 heterocycles. The quantitative estimate of drug-likeness (QED) is 0.754. The number of hydrogen-bond donors (Lipinski definition) is 0. The predicted octanol–water partition coefficient (Wildman–Crippen LogP) is 4.24. The Morgan fingerprint density at radius 2 is 2.00 bits per heavy atom. The number of halogens is 3. The third kappa shape index (κ3) is 3.30. The van der Waals surface area contributed by atoms with Crippen molar-refractivity contribution in [3.05, 3.63) is 28.0 Å². The summed E-state index contributed by atoms with van der Waals surface area (Å²) >= 11 is 18.0. The fourth-order valence-corrected chi connectivity index (χ4v) is 2.96. The third-order valence-corrected chi connectivity index (χ3v) is 5.64. The Morgan fingerprint density at radius 1 is 1.35 bits per heavy atom. The third-order valence-electron chi connectivity index (χ3n) is 3.31. The zero-order valence-electron chi connectivity index (χ0n) is 11.2. The molecule has 0 fully saturated rings. The lowest BCUT2D eigenvalue weighted by Crippen LogP contribution is -2.14. The Morgan fingerprint density at radius 3 is 2.60 bits per heavy atom. The number of fused-ring (bicyclic) bond motifs is 1. The van der Waals surface area contributed by atoms with Crippen LogP contribution < -0.4 is 0 Å². The van der Waals surface area contributed by atoms with Crippen LogP contribution in [0.5, 0.6) is 0 Å². The Bertz CT molecular complexity index is 657. The van der Waals surface area contributed by atoms with Crippen molar-refractivity contribution in [3.8, 4) is 0 Å². The number of aryl methyl sites for hydroxylation is 1. The van der Waals surface area contributed by atoms with Crippen molar-refractivity contribution < 1.29 is 4.21 Å². The topological polar surface area (TPSA) is 34.9 Å². The fourth-order valence-electron chi connectivity index (χ4n) is 2.00. The highest BCUT2D eigenvalue weighted by atomic mass is 35.5. The highest BCUT2D eigenvalue weighted by Gasteiger charge is 2.14. The van der Waals surface area contributed by atoms with Crippen molar-refractivity contribution in [2.45, 2.75) is 31.0 Å². The summed E-state index contributed by atoms with van der Waals surface area (Å²) in [5.41, 5.74) is 1.68. The molecule has 0 bridgehead atoms. The molecule has 0 aliphatic rings. The molecule has 0 radical (unpaired) electrons. The Hall–Kier alpha value is -0.290. The van der Waals surface area contributed by atoms with Gasteiger partial charge in [-0.3, -0.25) is 4.21 Å². The van der Waals surface area contributed by atoms with Crippen LogP contribution in [0.3, 0.4) is 0 Å². The van der Waals surface area contributed by atoms with Gasteiger partial charge in [0.15, 0.2) is 0 Å². The normalized spacial score (nSPS) is 14.7. The van der Waals surface area contributed by atoms with E-state index < -0.39 is 10.8 Å². The van der Waals surface area contributed by atoms with E-state index in [4.69, 9.17) is 34.8 Å². The first-order valence-corrected chi connectivity index (χ1v) is 9.07. The minimum atomic E-state index is -0.836. The molecule has 0 aliphatic heterocycles. The summed E-state index contributed by atoms with van der Waals surface area (Å²) in [5.74, 6) is 1.09. The zero-order chi connectivity index (χ0) is 14.9. The van der Waals surface area contributed by atoms with Gasteiger partial charge in [-0.25, -0.2) is 4.98 Å². The molecule has 0 spiro atoms. The molecule has 2 unspecified atom stereocenters. The first kappa shape index (κ1) is 16.1. The van der Waals surface area contributed by atoms with E-state index in [-0.39, 0.29) is 5.25 Å². The van der Waals surface area contributed by atoms with Crippen molar-refractivity contribution in [2.75, 3.05) is 6.26 Å². The second kappa shape index (κ2) is 6.65. The summed E-state index contributed by atoms with van der Waals surface area (Å²) in [6.07, 6.45) is 2.51. The van der Waals surface area contributed by atoms with Crippen molar-refractivity contribution >= 4 is 56.6 Å². The average Bonchev–Trinajstić information content (AvgIpc) is 2.73. The number of alkyl halides is 1. The van der Waals surface area contributed by atoms with Crippen LogP contribution in [0.1, 0.15) is 19.2 Å². The van der Waals surface area contributed by atoms with Crippen LogP contribution in [0.15, 0.2) is 12.1 Å². The Labute approximate surface area is 135 Å². The lowest BCUT2D eigenvalue weighted by Gasteiger charge is -2.11. The van der Waals surface area contributed by atoms with Crippen LogP contribution in [0.2, 0.25) is 10.0 Å². The molecule has 0 saturated carbocycles. The zero-order valence-corrected chi connectivity index (χ0v) is 14.3. The molecule has 110 valence electrons. The number of aromatic nitrogens is 2. The molecule has 3 nitrogen and oxygen atoms in total. The van der Waals surface area contributed by atoms with Crippen LogP contribution in [0, 0.1) is 0 Å². The van der Waals surface area contributed by atoms with E-state index in [1.165, 1.54) is 0 Å². The number of nitrogens with zero attached hydrogens (tertiary/aromatic N) is 2. The Kier molecular flexibility index (Phi) is 5.35. The molecular formula is C13H15Cl3N2OS. The average molecular weight is 354 g/mol. The molecule has 0 N–H and O–H groups in total. The maximum absolute atomic E-state index is 11.4. The van der Waals surface area contributed by atoms with E-state index in [1.54, 1.807) is 18.4 Å². The SMILES string of the molecule is CC(CCn1c(CCl)nc2cc(Cl)c(Cl)cc21)S(C)=O. The minimum Gasteiger partial charge on any atom is -0.327 e. The van der Waals surface area contributed by atoms with Crippen LogP contribution in [-0.2, 0) is 23.2 Å². The summed E-state index contributed by atoms with van der Waals surface area (Å²) in [7, 11) is -0.836. The van der Waals surface area contributed by atoms with Crippen molar-refractivity contribution in [2.24, 2.45) is 0 Å². The highest BCUT2D eigenvalue weighted by Crippen LogP contribution is 2.29. The molecule has 7 heteroatoms. The van der Waals surface area contributed by atoms with Crippen molar-refractivity contribution in [1.82, 2.24) is 9.55 Å². The van der Waals surface area contributed by atoms with Crippen LogP contribution in [0.25, 0.3) is 11.0 Å². The standard InChI is InChI=1S/C13H15Cl3N2OS/c1-8(20(2)19)3-4-18-12-6-10(16)9(15)5-11(12)17-13(18)7-14/h5-6,8H,3-4,7H2,1-2H3. The maximum atomic E-state index is 11.4. The van der Waals surface area contributed by atoms with E-state index in [0.29, 0.717) is 22.5 Å². The molecule has 0 saturated heterocycles. The molecular weight excluding hydrogens is 339 g/mol. The van der Waals surface area contributed by atoms with Crippen molar-refractivity contribution in [1.29, 1.82) is 0 Å². The summed E-state index contributed by atoms with van der Waals surface area (Å²) in [6.45, 7) is 2.68. The van der Waals surface area contributed by atoms with Gasteiger partial charge in [-0.2, -0.15) is 0 Å². The number of benzene rings is 1. The molecule has 0 amide bonds. The second-order valence-corrected chi connectivity index (χ2v) is 7.55. The smallest absolute Gasteiger partial charge is 0.124 e. The first-order chi connectivity index (χ1) is 9.43. The first-order valence-electron chi connectivity index (χ1n) is 6.16. The van der Waals surface area contributed by atoms with Gasteiger partial charge in [0.25, 0.3) is 0 Å².